The Morgan fingerprint density at radius 3 is 2.76 bits per heavy atom. The molecule has 3 aromatic rings. The van der Waals surface area contributed by atoms with Gasteiger partial charge in [-0.25, -0.2) is 0 Å². The summed E-state index contributed by atoms with van der Waals surface area (Å²) < 4.78 is 6.74. The zero-order valence-electron chi connectivity index (χ0n) is 14.1. The first-order valence-electron chi connectivity index (χ1n) is 8.38. The van der Waals surface area contributed by atoms with Gasteiger partial charge in [0, 0.05) is 27.2 Å². The summed E-state index contributed by atoms with van der Waals surface area (Å²) in [7, 11) is 0. The molecule has 0 aliphatic heterocycles. The Balaban J connectivity index is 1.71. The van der Waals surface area contributed by atoms with Crippen molar-refractivity contribution >= 4 is 21.7 Å². The van der Waals surface area contributed by atoms with Crippen LogP contribution in [0, 0.1) is 13.8 Å². The molecule has 0 unspecified atom stereocenters. The van der Waals surface area contributed by atoms with E-state index in [0.717, 1.165) is 34.3 Å². The molecule has 0 spiro atoms. The van der Waals surface area contributed by atoms with Gasteiger partial charge in [-0.2, -0.15) is 0 Å². The molecule has 0 amide bonds. The third kappa shape index (κ3) is 2.84. The Morgan fingerprint density at radius 1 is 1.28 bits per heavy atom. The number of aromatic nitrogens is 3. The second-order valence-electron chi connectivity index (χ2n) is 6.54. The largest absolute Gasteiger partial charge is 0.419 e. The van der Waals surface area contributed by atoms with Crippen LogP contribution in [-0.2, 0) is 0 Å². The van der Waals surface area contributed by atoms with Gasteiger partial charge in [0.05, 0.1) is 0 Å². The van der Waals surface area contributed by atoms with E-state index in [9.17, 15) is 4.79 Å². The number of carbonyl (C=O) groups is 1. The number of hydrogen-bond acceptors (Lipinski definition) is 4. The number of H-pyrrole nitrogens is 1. The molecule has 1 N–H and O–H groups in total. The summed E-state index contributed by atoms with van der Waals surface area (Å²) in [5, 5.41) is 8.37. The van der Waals surface area contributed by atoms with Gasteiger partial charge in [-0.1, -0.05) is 34.5 Å². The van der Waals surface area contributed by atoms with Crippen molar-refractivity contribution < 1.29 is 9.21 Å². The zero-order valence-corrected chi connectivity index (χ0v) is 15.7. The Hall–Kier alpha value is -2.21. The highest BCUT2D eigenvalue weighted by Crippen LogP contribution is 2.37. The molecule has 2 aromatic heterocycles. The summed E-state index contributed by atoms with van der Waals surface area (Å²) in [4.78, 5) is 16.2. The number of benzene rings is 1. The monoisotopic (exact) mass is 399 g/mol. The molecule has 1 aromatic carbocycles. The second kappa shape index (κ2) is 6.26. The first-order valence-corrected chi connectivity index (χ1v) is 9.17. The first-order chi connectivity index (χ1) is 12.0. The van der Waals surface area contributed by atoms with Crippen LogP contribution in [0.25, 0.3) is 11.6 Å². The van der Waals surface area contributed by atoms with Crippen molar-refractivity contribution in [2.24, 2.45) is 0 Å². The number of aryl methyl sites for hydroxylation is 1. The van der Waals surface area contributed by atoms with Crippen molar-refractivity contribution in [2.45, 2.75) is 39.0 Å². The molecule has 4 rings (SSSR count). The maximum absolute atomic E-state index is 12.9. The van der Waals surface area contributed by atoms with E-state index >= 15 is 0 Å². The molecular weight excluding hydrogens is 382 g/mol. The minimum Gasteiger partial charge on any atom is -0.419 e. The van der Waals surface area contributed by atoms with E-state index in [2.05, 4.69) is 31.1 Å². The van der Waals surface area contributed by atoms with E-state index in [1.807, 2.05) is 38.1 Å². The molecule has 1 saturated carbocycles. The topological polar surface area (TPSA) is 71.8 Å². The number of ketones is 1. The maximum atomic E-state index is 12.9. The predicted molar refractivity (Wildman–Crippen MR) is 97.7 cm³/mol. The van der Waals surface area contributed by atoms with Gasteiger partial charge in [0.25, 0.3) is 5.89 Å². The highest BCUT2D eigenvalue weighted by molar-refractivity contribution is 9.10. The highest BCUT2D eigenvalue weighted by Gasteiger charge is 2.27. The fraction of sp³-hybridized carbons (Fsp3) is 0.316. The van der Waals surface area contributed by atoms with Crippen LogP contribution in [0.15, 0.2) is 33.2 Å². The van der Waals surface area contributed by atoms with Gasteiger partial charge < -0.3 is 9.40 Å². The van der Waals surface area contributed by atoms with E-state index in [-0.39, 0.29) is 5.78 Å². The minimum atomic E-state index is -0.0162. The van der Waals surface area contributed by atoms with Crippen LogP contribution < -0.4 is 0 Å². The summed E-state index contributed by atoms with van der Waals surface area (Å²) in [6.45, 7) is 3.81. The molecule has 1 aliphatic carbocycles. The van der Waals surface area contributed by atoms with Crippen LogP contribution in [0.3, 0.4) is 0 Å². The van der Waals surface area contributed by atoms with Crippen molar-refractivity contribution in [1.29, 1.82) is 0 Å². The van der Waals surface area contributed by atoms with E-state index in [0.29, 0.717) is 28.8 Å². The van der Waals surface area contributed by atoms with E-state index in [1.54, 1.807) is 0 Å². The molecule has 1 fully saturated rings. The molecule has 0 saturated heterocycles. The number of rotatable bonds is 4. The quantitative estimate of drug-likeness (QED) is 0.630. The molecule has 5 nitrogen and oxygen atoms in total. The molecule has 0 bridgehead atoms. The fourth-order valence-electron chi connectivity index (χ4n) is 3.23. The third-order valence-electron chi connectivity index (χ3n) is 4.86. The first kappa shape index (κ1) is 16.3. The van der Waals surface area contributed by atoms with Gasteiger partial charge in [0.2, 0.25) is 5.89 Å². The minimum absolute atomic E-state index is 0.0162. The van der Waals surface area contributed by atoms with E-state index in [4.69, 9.17) is 4.42 Å². The molecule has 25 heavy (non-hydrogen) atoms. The second-order valence-corrected chi connectivity index (χ2v) is 7.45. The molecular formula is C19H18BrN3O2. The highest BCUT2D eigenvalue weighted by atomic mass is 79.9. The molecule has 2 heterocycles. The SMILES string of the molecule is Cc1[nH]c(-c2nnc(C3CCC3)o2)c(C)c1C(=O)c1cccc(Br)c1. The van der Waals surface area contributed by atoms with Crippen LogP contribution >= 0.6 is 15.9 Å². The molecule has 6 heteroatoms. The lowest BCUT2D eigenvalue weighted by atomic mass is 9.85. The van der Waals surface area contributed by atoms with Gasteiger partial charge in [0.1, 0.15) is 5.69 Å². The molecule has 1 aliphatic rings. The Morgan fingerprint density at radius 2 is 2.08 bits per heavy atom. The number of halogens is 1. The van der Waals surface area contributed by atoms with Crippen LogP contribution in [0.1, 0.15) is 58.2 Å². The lowest BCUT2D eigenvalue weighted by Gasteiger charge is -2.20. The predicted octanol–water partition coefficient (Wildman–Crippen LogP) is 4.94. The van der Waals surface area contributed by atoms with E-state index in [1.165, 1.54) is 6.42 Å². The molecule has 0 atom stereocenters. The van der Waals surface area contributed by atoms with Crippen LogP contribution in [0.2, 0.25) is 0 Å². The average molecular weight is 400 g/mol. The van der Waals surface area contributed by atoms with Gasteiger partial charge in [0.15, 0.2) is 5.78 Å². The summed E-state index contributed by atoms with van der Waals surface area (Å²) in [5.74, 6) is 1.53. The molecule has 128 valence electrons. The number of aromatic amines is 1. The lowest BCUT2D eigenvalue weighted by molar-refractivity contribution is 0.103. The normalized spacial score (nSPS) is 14.5. The van der Waals surface area contributed by atoms with E-state index < -0.39 is 0 Å². The number of hydrogen-bond donors (Lipinski definition) is 1. The maximum Gasteiger partial charge on any atom is 0.264 e. The Bertz CT molecular complexity index is 953. The standard InChI is InChI=1S/C19H18BrN3O2/c1-10-15(17(24)13-7-4-8-14(20)9-13)11(2)21-16(10)19-23-22-18(25-19)12-5-3-6-12/h4,7-9,12,21H,3,5-6H2,1-2H3. The van der Waals surface area contributed by atoms with Crippen molar-refractivity contribution in [1.82, 2.24) is 15.2 Å². The van der Waals surface area contributed by atoms with Crippen molar-refractivity contribution in [3.8, 4) is 11.6 Å². The summed E-state index contributed by atoms with van der Waals surface area (Å²) >= 11 is 3.42. The smallest absolute Gasteiger partial charge is 0.264 e. The van der Waals surface area contributed by atoms with Gasteiger partial charge in [-0.15, -0.1) is 10.2 Å². The zero-order chi connectivity index (χ0) is 17.6. The fourth-order valence-corrected chi connectivity index (χ4v) is 3.63. The third-order valence-corrected chi connectivity index (χ3v) is 5.35. The number of carbonyl (C=O) groups excluding carboxylic acids is 1. The summed E-state index contributed by atoms with van der Waals surface area (Å²) in [6.07, 6.45) is 3.43. The van der Waals surface area contributed by atoms with Crippen LogP contribution in [-0.4, -0.2) is 21.0 Å². The summed E-state index contributed by atoms with van der Waals surface area (Å²) in [5.41, 5.74) is 3.68. The van der Waals surface area contributed by atoms with Crippen LogP contribution in [0.4, 0.5) is 0 Å². The van der Waals surface area contributed by atoms with Crippen molar-refractivity contribution in [3.05, 3.63) is 57.0 Å². The van der Waals surface area contributed by atoms with Gasteiger partial charge in [-0.05, 0) is 44.4 Å². The van der Waals surface area contributed by atoms with Crippen molar-refractivity contribution in [3.63, 3.8) is 0 Å². The van der Waals surface area contributed by atoms with Crippen molar-refractivity contribution in [2.75, 3.05) is 0 Å². The Labute approximate surface area is 154 Å². The van der Waals surface area contributed by atoms with Gasteiger partial charge in [-0.3, -0.25) is 4.79 Å². The number of nitrogens with zero attached hydrogens (tertiary/aromatic N) is 2. The summed E-state index contributed by atoms with van der Waals surface area (Å²) in [6, 6.07) is 7.41. The van der Waals surface area contributed by atoms with Crippen LogP contribution in [0.5, 0.6) is 0 Å². The Kier molecular flexibility index (Phi) is 4.07. The average Bonchev–Trinajstić information content (AvgIpc) is 3.10. The number of nitrogens with one attached hydrogen (secondary N) is 1. The molecule has 0 radical (unpaired) electrons. The van der Waals surface area contributed by atoms with Gasteiger partial charge >= 0.3 is 0 Å². The lowest BCUT2D eigenvalue weighted by Crippen LogP contribution is -2.08.